The van der Waals surface area contributed by atoms with Gasteiger partial charge in [-0.15, -0.1) is 0 Å². The predicted octanol–water partition coefficient (Wildman–Crippen LogP) is 3.27. The first-order valence-corrected chi connectivity index (χ1v) is 7.63. The lowest BCUT2D eigenvalue weighted by Gasteiger charge is -2.39. The summed E-state index contributed by atoms with van der Waals surface area (Å²) in [6.45, 7) is 11.8. The van der Waals surface area contributed by atoms with E-state index >= 15 is 0 Å². The highest BCUT2D eigenvalue weighted by atomic mass is 15.3. The summed E-state index contributed by atoms with van der Waals surface area (Å²) in [5.74, 6) is 0. The molecule has 2 saturated heterocycles. The predicted molar refractivity (Wildman–Crippen MR) is 82.0 cm³/mol. The Balaban J connectivity index is 1.79. The third-order valence-electron chi connectivity index (χ3n) is 4.66. The van der Waals surface area contributed by atoms with Crippen LogP contribution in [-0.4, -0.2) is 37.1 Å². The average Bonchev–Trinajstić information content (AvgIpc) is 2.85. The molecule has 0 saturated carbocycles. The molecule has 0 spiro atoms. The molecule has 19 heavy (non-hydrogen) atoms. The summed E-state index contributed by atoms with van der Waals surface area (Å²) in [7, 11) is 0. The molecule has 0 aromatic heterocycles. The van der Waals surface area contributed by atoms with Crippen LogP contribution in [0.25, 0.3) is 0 Å². The molecule has 0 radical (unpaired) electrons. The summed E-state index contributed by atoms with van der Waals surface area (Å²) in [6.07, 6.45) is 2.77. The summed E-state index contributed by atoms with van der Waals surface area (Å²) in [4.78, 5) is 5.26. The largest absolute Gasteiger partial charge is 0.369 e. The Labute approximate surface area is 117 Å². The fourth-order valence-electron chi connectivity index (χ4n) is 3.39. The Hall–Kier alpha value is -1.02. The second-order valence-corrected chi connectivity index (χ2v) is 7.08. The summed E-state index contributed by atoms with van der Waals surface area (Å²) in [5, 5.41) is 0. The van der Waals surface area contributed by atoms with E-state index in [1.807, 2.05) is 0 Å². The SMILES string of the molecule is CC(C)(C)c1cccc(N2CCN3CCCC3C2)c1. The van der Waals surface area contributed by atoms with E-state index in [-0.39, 0.29) is 5.41 Å². The highest BCUT2D eigenvalue weighted by molar-refractivity contribution is 5.50. The zero-order valence-corrected chi connectivity index (χ0v) is 12.5. The van der Waals surface area contributed by atoms with Gasteiger partial charge in [-0.2, -0.15) is 0 Å². The van der Waals surface area contributed by atoms with Crippen LogP contribution in [0.5, 0.6) is 0 Å². The molecule has 0 aliphatic carbocycles. The van der Waals surface area contributed by atoms with Crippen molar-refractivity contribution >= 4 is 5.69 Å². The van der Waals surface area contributed by atoms with Crippen LogP contribution < -0.4 is 4.90 Å². The molecule has 1 atom stereocenters. The minimum Gasteiger partial charge on any atom is -0.369 e. The maximum Gasteiger partial charge on any atom is 0.0370 e. The molecule has 2 aliphatic heterocycles. The first kappa shape index (κ1) is 13.0. The van der Waals surface area contributed by atoms with E-state index in [4.69, 9.17) is 0 Å². The second kappa shape index (κ2) is 4.82. The van der Waals surface area contributed by atoms with E-state index < -0.39 is 0 Å². The second-order valence-electron chi connectivity index (χ2n) is 7.08. The number of piperazine rings is 1. The quantitative estimate of drug-likeness (QED) is 0.763. The van der Waals surface area contributed by atoms with Crippen LogP contribution in [0.1, 0.15) is 39.2 Å². The summed E-state index contributed by atoms with van der Waals surface area (Å²) in [5.41, 5.74) is 3.10. The maximum atomic E-state index is 2.67. The molecular formula is C17H26N2. The van der Waals surface area contributed by atoms with Gasteiger partial charge < -0.3 is 4.90 Å². The third kappa shape index (κ3) is 2.64. The number of hydrogen-bond donors (Lipinski definition) is 0. The van der Waals surface area contributed by atoms with Gasteiger partial charge in [-0.05, 0) is 42.5 Å². The zero-order chi connectivity index (χ0) is 13.5. The van der Waals surface area contributed by atoms with Crippen molar-refractivity contribution in [1.82, 2.24) is 4.90 Å². The van der Waals surface area contributed by atoms with E-state index in [9.17, 15) is 0 Å². The fourth-order valence-corrected chi connectivity index (χ4v) is 3.39. The standard InChI is InChI=1S/C17H26N2/c1-17(2,3)14-6-4-7-15(12-14)19-11-10-18-9-5-8-16(18)13-19/h4,6-7,12,16H,5,8-11,13H2,1-3H3. The van der Waals surface area contributed by atoms with Gasteiger partial charge in [0.25, 0.3) is 0 Å². The summed E-state index contributed by atoms with van der Waals surface area (Å²) < 4.78 is 0. The summed E-state index contributed by atoms with van der Waals surface area (Å²) >= 11 is 0. The van der Waals surface area contributed by atoms with Crippen molar-refractivity contribution in [3.63, 3.8) is 0 Å². The van der Waals surface area contributed by atoms with Gasteiger partial charge in [0, 0.05) is 31.4 Å². The van der Waals surface area contributed by atoms with Gasteiger partial charge in [0.15, 0.2) is 0 Å². The molecule has 0 amide bonds. The molecule has 0 N–H and O–H groups in total. The highest BCUT2D eigenvalue weighted by Gasteiger charge is 2.30. The van der Waals surface area contributed by atoms with Crippen molar-refractivity contribution in [2.24, 2.45) is 0 Å². The van der Waals surface area contributed by atoms with Crippen molar-refractivity contribution in [2.75, 3.05) is 31.1 Å². The Morgan fingerprint density at radius 2 is 1.95 bits per heavy atom. The van der Waals surface area contributed by atoms with Gasteiger partial charge in [0.1, 0.15) is 0 Å². The van der Waals surface area contributed by atoms with Gasteiger partial charge in [-0.1, -0.05) is 32.9 Å². The van der Waals surface area contributed by atoms with Crippen molar-refractivity contribution in [1.29, 1.82) is 0 Å². The number of benzene rings is 1. The fraction of sp³-hybridized carbons (Fsp3) is 0.647. The average molecular weight is 258 g/mol. The molecule has 2 fully saturated rings. The molecule has 2 heteroatoms. The van der Waals surface area contributed by atoms with Crippen LogP contribution in [0.4, 0.5) is 5.69 Å². The van der Waals surface area contributed by atoms with Crippen molar-refractivity contribution in [3.8, 4) is 0 Å². The molecule has 2 aliphatic rings. The number of fused-ring (bicyclic) bond motifs is 1. The van der Waals surface area contributed by atoms with Crippen LogP contribution in [-0.2, 0) is 5.41 Å². The molecular weight excluding hydrogens is 232 g/mol. The lowest BCUT2D eigenvalue weighted by atomic mass is 9.87. The van der Waals surface area contributed by atoms with Crippen LogP contribution >= 0.6 is 0 Å². The molecule has 3 rings (SSSR count). The maximum absolute atomic E-state index is 2.67. The Morgan fingerprint density at radius 3 is 2.74 bits per heavy atom. The molecule has 1 aromatic carbocycles. The van der Waals surface area contributed by atoms with Crippen LogP contribution in [0.3, 0.4) is 0 Å². The van der Waals surface area contributed by atoms with E-state index in [1.54, 1.807) is 0 Å². The molecule has 2 nitrogen and oxygen atoms in total. The number of anilines is 1. The zero-order valence-electron chi connectivity index (χ0n) is 12.5. The molecule has 1 unspecified atom stereocenters. The van der Waals surface area contributed by atoms with Gasteiger partial charge in [0.2, 0.25) is 0 Å². The molecule has 2 heterocycles. The first-order chi connectivity index (χ1) is 9.04. The lowest BCUT2D eigenvalue weighted by molar-refractivity contribution is 0.231. The van der Waals surface area contributed by atoms with E-state index in [1.165, 1.54) is 50.3 Å². The Bertz CT molecular complexity index is 447. The monoisotopic (exact) mass is 258 g/mol. The van der Waals surface area contributed by atoms with Crippen molar-refractivity contribution in [2.45, 2.75) is 45.1 Å². The van der Waals surface area contributed by atoms with Crippen LogP contribution in [0.15, 0.2) is 24.3 Å². The number of nitrogens with zero attached hydrogens (tertiary/aromatic N) is 2. The van der Waals surface area contributed by atoms with Gasteiger partial charge in [0.05, 0.1) is 0 Å². The third-order valence-corrected chi connectivity index (χ3v) is 4.66. The van der Waals surface area contributed by atoms with Crippen molar-refractivity contribution < 1.29 is 0 Å². The van der Waals surface area contributed by atoms with Crippen LogP contribution in [0, 0.1) is 0 Å². The molecule has 104 valence electrons. The van der Waals surface area contributed by atoms with Gasteiger partial charge >= 0.3 is 0 Å². The number of hydrogen-bond acceptors (Lipinski definition) is 2. The van der Waals surface area contributed by atoms with Gasteiger partial charge in [-0.25, -0.2) is 0 Å². The van der Waals surface area contributed by atoms with Crippen LogP contribution in [0.2, 0.25) is 0 Å². The minimum atomic E-state index is 0.241. The normalized spacial score (nSPS) is 24.6. The lowest BCUT2D eigenvalue weighted by Crippen LogP contribution is -2.50. The van der Waals surface area contributed by atoms with Gasteiger partial charge in [-0.3, -0.25) is 4.90 Å². The Kier molecular flexibility index (Phi) is 3.30. The first-order valence-electron chi connectivity index (χ1n) is 7.63. The summed E-state index contributed by atoms with van der Waals surface area (Å²) in [6, 6.07) is 9.95. The molecule has 0 bridgehead atoms. The smallest absolute Gasteiger partial charge is 0.0370 e. The highest BCUT2D eigenvalue weighted by Crippen LogP contribution is 2.29. The topological polar surface area (TPSA) is 6.48 Å². The van der Waals surface area contributed by atoms with E-state index in [2.05, 4.69) is 54.8 Å². The Morgan fingerprint density at radius 1 is 1.11 bits per heavy atom. The number of rotatable bonds is 1. The minimum absolute atomic E-state index is 0.241. The van der Waals surface area contributed by atoms with E-state index in [0.29, 0.717) is 0 Å². The molecule has 1 aromatic rings. The van der Waals surface area contributed by atoms with E-state index in [0.717, 1.165) is 6.04 Å². The van der Waals surface area contributed by atoms with Crippen molar-refractivity contribution in [3.05, 3.63) is 29.8 Å².